The third-order valence-corrected chi connectivity index (χ3v) is 5.49. The summed E-state index contributed by atoms with van der Waals surface area (Å²) in [5.41, 5.74) is 0.180. The minimum atomic E-state index is -4.29. The monoisotopic (exact) mass is 356 g/mol. The van der Waals surface area contributed by atoms with Crippen molar-refractivity contribution >= 4 is 0 Å². The molecular formula is C19H27F3N2O. The summed E-state index contributed by atoms with van der Waals surface area (Å²) >= 11 is 0. The lowest BCUT2D eigenvalue weighted by Gasteiger charge is -2.48. The fourth-order valence-electron chi connectivity index (χ4n) is 4.02. The molecule has 140 valence electrons. The first-order chi connectivity index (χ1) is 12.0. The number of hydrogen-bond acceptors (Lipinski definition) is 3. The smallest absolute Gasteiger partial charge is 0.381 e. The quantitative estimate of drug-likeness (QED) is 0.868. The van der Waals surface area contributed by atoms with Crippen molar-refractivity contribution in [2.45, 2.75) is 50.4 Å². The molecule has 25 heavy (non-hydrogen) atoms. The molecule has 1 aromatic carbocycles. The number of benzene rings is 1. The highest BCUT2D eigenvalue weighted by Gasteiger charge is 2.38. The van der Waals surface area contributed by atoms with Crippen molar-refractivity contribution in [2.75, 3.05) is 32.8 Å². The van der Waals surface area contributed by atoms with Crippen molar-refractivity contribution in [3.05, 3.63) is 35.4 Å². The highest BCUT2D eigenvalue weighted by Crippen LogP contribution is 2.31. The SMILES string of the molecule is FC(F)(F)c1cccc(CNCC2(N3CCCCC3)CCOCC2)c1. The molecule has 3 nitrogen and oxygen atoms in total. The summed E-state index contributed by atoms with van der Waals surface area (Å²) in [6.07, 6.45) is 1.45. The van der Waals surface area contributed by atoms with Crippen LogP contribution >= 0.6 is 0 Å². The van der Waals surface area contributed by atoms with Crippen LogP contribution in [0.25, 0.3) is 0 Å². The summed E-state index contributed by atoms with van der Waals surface area (Å²) in [7, 11) is 0. The van der Waals surface area contributed by atoms with Crippen LogP contribution in [0.5, 0.6) is 0 Å². The minimum absolute atomic E-state index is 0.0836. The molecular weight excluding hydrogens is 329 g/mol. The maximum Gasteiger partial charge on any atom is 0.416 e. The number of nitrogens with zero attached hydrogens (tertiary/aromatic N) is 1. The minimum Gasteiger partial charge on any atom is -0.381 e. The van der Waals surface area contributed by atoms with Gasteiger partial charge in [0, 0.05) is 31.8 Å². The molecule has 1 aromatic rings. The molecule has 0 spiro atoms. The van der Waals surface area contributed by atoms with Crippen LogP contribution in [0.2, 0.25) is 0 Å². The highest BCUT2D eigenvalue weighted by molar-refractivity contribution is 5.25. The molecule has 0 radical (unpaired) electrons. The van der Waals surface area contributed by atoms with E-state index < -0.39 is 11.7 Å². The van der Waals surface area contributed by atoms with Crippen LogP contribution < -0.4 is 5.32 Å². The third kappa shape index (κ3) is 4.74. The molecule has 3 rings (SSSR count). The van der Waals surface area contributed by atoms with Crippen molar-refractivity contribution in [1.82, 2.24) is 10.2 Å². The third-order valence-electron chi connectivity index (χ3n) is 5.49. The molecule has 0 unspecified atom stereocenters. The summed E-state index contributed by atoms with van der Waals surface area (Å²) in [6, 6.07) is 5.59. The van der Waals surface area contributed by atoms with E-state index in [0.717, 1.165) is 51.8 Å². The number of ether oxygens (including phenoxy) is 1. The van der Waals surface area contributed by atoms with Gasteiger partial charge < -0.3 is 10.1 Å². The predicted molar refractivity (Wildman–Crippen MR) is 91.4 cm³/mol. The van der Waals surface area contributed by atoms with Gasteiger partial charge in [-0.05, 0) is 50.4 Å². The Hall–Kier alpha value is -1.11. The number of halogens is 3. The Balaban J connectivity index is 1.62. The fourth-order valence-corrected chi connectivity index (χ4v) is 4.02. The lowest BCUT2D eigenvalue weighted by Crippen LogP contribution is -2.59. The lowest BCUT2D eigenvalue weighted by molar-refractivity contribution is -0.137. The Bertz CT molecular complexity index is 550. The van der Waals surface area contributed by atoms with E-state index in [1.54, 1.807) is 6.07 Å². The van der Waals surface area contributed by atoms with Crippen molar-refractivity contribution in [3.8, 4) is 0 Å². The Morgan fingerprint density at radius 3 is 2.48 bits per heavy atom. The number of piperidine rings is 1. The average Bonchev–Trinajstić information content (AvgIpc) is 2.63. The van der Waals surface area contributed by atoms with Gasteiger partial charge in [0.05, 0.1) is 5.56 Å². The number of alkyl halides is 3. The van der Waals surface area contributed by atoms with Gasteiger partial charge in [-0.1, -0.05) is 24.6 Å². The Kier molecular flexibility index (Phi) is 6.02. The van der Waals surface area contributed by atoms with Gasteiger partial charge in [0.15, 0.2) is 0 Å². The Morgan fingerprint density at radius 1 is 1.08 bits per heavy atom. The van der Waals surface area contributed by atoms with Gasteiger partial charge in [-0.25, -0.2) is 0 Å². The topological polar surface area (TPSA) is 24.5 Å². The van der Waals surface area contributed by atoms with Gasteiger partial charge >= 0.3 is 6.18 Å². The van der Waals surface area contributed by atoms with Gasteiger partial charge in [-0.15, -0.1) is 0 Å². The van der Waals surface area contributed by atoms with Gasteiger partial charge in [0.1, 0.15) is 0 Å². The molecule has 0 saturated carbocycles. The summed E-state index contributed by atoms with van der Waals surface area (Å²) in [5.74, 6) is 0. The number of likely N-dealkylation sites (tertiary alicyclic amines) is 1. The molecule has 6 heteroatoms. The largest absolute Gasteiger partial charge is 0.416 e. The zero-order valence-electron chi connectivity index (χ0n) is 14.6. The summed E-state index contributed by atoms with van der Waals surface area (Å²) in [4.78, 5) is 2.58. The number of rotatable bonds is 5. The highest BCUT2D eigenvalue weighted by atomic mass is 19.4. The maximum absolute atomic E-state index is 12.8. The summed E-state index contributed by atoms with van der Waals surface area (Å²) in [5, 5.41) is 3.42. The van der Waals surface area contributed by atoms with E-state index >= 15 is 0 Å². The van der Waals surface area contributed by atoms with E-state index in [0.29, 0.717) is 12.1 Å². The second-order valence-electron chi connectivity index (χ2n) is 7.19. The predicted octanol–water partition coefficient (Wildman–Crippen LogP) is 3.83. The van der Waals surface area contributed by atoms with Crippen LogP contribution in [0.1, 0.15) is 43.2 Å². The number of hydrogen-bond donors (Lipinski definition) is 1. The zero-order valence-corrected chi connectivity index (χ0v) is 14.6. The lowest BCUT2D eigenvalue weighted by atomic mass is 9.86. The van der Waals surface area contributed by atoms with E-state index in [-0.39, 0.29) is 5.54 Å². The second-order valence-corrected chi connectivity index (χ2v) is 7.19. The van der Waals surface area contributed by atoms with Crippen LogP contribution in [0, 0.1) is 0 Å². The molecule has 2 saturated heterocycles. The van der Waals surface area contributed by atoms with E-state index in [1.165, 1.54) is 31.4 Å². The number of nitrogens with one attached hydrogen (secondary N) is 1. The Labute approximate surface area is 147 Å². The first kappa shape index (κ1) is 18.7. The molecule has 2 aliphatic rings. The summed E-state index contributed by atoms with van der Waals surface area (Å²) < 4.78 is 44.1. The van der Waals surface area contributed by atoms with Crippen LogP contribution in [0.3, 0.4) is 0 Å². The molecule has 0 aliphatic carbocycles. The van der Waals surface area contributed by atoms with Gasteiger partial charge in [-0.2, -0.15) is 13.2 Å². The summed E-state index contributed by atoms with van der Waals surface area (Å²) in [6.45, 7) is 5.02. The van der Waals surface area contributed by atoms with Crippen molar-refractivity contribution < 1.29 is 17.9 Å². The van der Waals surface area contributed by atoms with E-state index in [1.807, 2.05) is 0 Å². The molecule has 2 heterocycles. The molecule has 0 amide bonds. The van der Waals surface area contributed by atoms with Crippen LogP contribution in [0.15, 0.2) is 24.3 Å². The Morgan fingerprint density at radius 2 is 1.80 bits per heavy atom. The van der Waals surface area contributed by atoms with Crippen molar-refractivity contribution in [1.29, 1.82) is 0 Å². The first-order valence-electron chi connectivity index (χ1n) is 9.19. The van der Waals surface area contributed by atoms with E-state index in [2.05, 4.69) is 10.2 Å². The first-order valence-corrected chi connectivity index (χ1v) is 9.19. The molecule has 2 fully saturated rings. The van der Waals surface area contributed by atoms with E-state index in [4.69, 9.17) is 4.74 Å². The molecule has 2 aliphatic heterocycles. The normalized spacial score (nSPS) is 22.0. The molecule has 0 bridgehead atoms. The zero-order chi connectivity index (χ0) is 17.8. The second kappa shape index (κ2) is 8.06. The van der Waals surface area contributed by atoms with E-state index in [9.17, 15) is 13.2 Å². The fraction of sp³-hybridized carbons (Fsp3) is 0.684. The standard InChI is InChI=1S/C19H27F3N2O/c20-19(21,22)17-6-4-5-16(13-17)14-23-15-18(7-11-25-12-8-18)24-9-2-1-3-10-24/h4-6,13,23H,1-3,7-12,14-15H2. The molecule has 1 N–H and O–H groups in total. The van der Waals surface area contributed by atoms with Crippen LogP contribution in [0.4, 0.5) is 13.2 Å². The average molecular weight is 356 g/mol. The van der Waals surface area contributed by atoms with Crippen molar-refractivity contribution in [3.63, 3.8) is 0 Å². The van der Waals surface area contributed by atoms with Gasteiger partial charge in [0.2, 0.25) is 0 Å². The van der Waals surface area contributed by atoms with Crippen LogP contribution in [-0.2, 0) is 17.5 Å². The maximum atomic E-state index is 12.8. The molecule has 0 aromatic heterocycles. The van der Waals surface area contributed by atoms with Crippen LogP contribution in [-0.4, -0.2) is 43.3 Å². The van der Waals surface area contributed by atoms with Crippen molar-refractivity contribution in [2.24, 2.45) is 0 Å². The van der Waals surface area contributed by atoms with Gasteiger partial charge in [-0.3, -0.25) is 4.90 Å². The van der Waals surface area contributed by atoms with Gasteiger partial charge in [0.25, 0.3) is 0 Å². The molecule has 0 atom stereocenters.